The van der Waals surface area contributed by atoms with Crippen molar-refractivity contribution in [2.75, 3.05) is 5.73 Å². The van der Waals surface area contributed by atoms with Crippen molar-refractivity contribution in [3.8, 4) is 10.6 Å². The van der Waals surface area contributed by atoms with E-state index in [0.29, 0.717) is 21.3 Å². The van der Waals surface area contributed by atoms with Crippen molar-refractivity contribution in [1.29, 1.82) is 0 Å². The monoisotopic (exact) mass is 278 g/mol. The number of halogens is 2. The number of hydrogen-bond acceptors (Lipinski definition) is 3. The summed E-state index contributed by atoms with van der Waals surface area (Å²) in [6, 6.07) is 10.1. The molecule has 0 aliphatic rings. The summed E-state index contributed by atoms with van der Waals surface area (Å²) in [5, 5.41) is 1.24. The Labute approximate surface area is 112 Å². The summed E-state index contributed by atoms with van der Waals surface area (Å²) in [6.45, 7) is 0. The summed E-state index contributed by atoms with van der Waals surface area (Å²) in [7, 11) is 0. The largest absolute Gasteiger partial charge is 0.399 e. The van der Waals surface area contributed by atoms with E-state index in [1.165, 1.54) is 17.4 Å². The van der Waals surface area contributed by atoms with Crippen LogP contribution in [0.1, 0.15) is 0 Å². The van der Waals surface area contributed by atoms with Gasteiger partial charge in [-0.05, 0) is 30.3 Å². The minimum atomic E-state index is -0.370. The summed E-state index contributed by atoms with van der Waals surface area (Å²) in [5.74, 6) is -0.370. The molecule has 2 aromatic carbocycles. The quantitative estimate of drug-likeness (QED) is 0.673. The SMILES string of the molecule is Nc1ccc(-c2nc3cccc(Cl)c3s2)c(F)c1. The highest BCUT2D eigenvalue weighted by Crippen LogP contribution is 2.35. The molecule has 0 fully saturated rings. The second-order valence-corrected chi connectivity index (χ2v) is 5.25. The predicted octanol–water partition coefficient (Wildman–Crippen LogP) is 4.34. The number of rotatable bonds is 1. The summed E-state index contributed by atoms with van der Waals surface area (Å²) >= 11 is 7.45. The van der Waals surface area contributed by atoms with E-state index in [2.05, 4.69) is 4.98 Å². The van der Waals surface area contributed by atoms with E-state index in [0.717, 1.165) is 10.2 Å². The highest BCUT2D eigenvalue weighted by Gasteiger charge is 2.12. The van der Waals surface area contributed by atoms with Crippen LogP contribution in [-0.2, 0) is 0 Å². The molecule has 0 amide bonds. The van der Waals surface area contributed by atoms with Gasteiger partial charge in [0.2, 0.25) is 0 Å². The van der Waals surface area contributed by atoms with E-state index in [1.807, 2.05) is 12.1 Å². The van der Waals surface area contributed by atoms with Gasteiger partial charge in [-0.1, -0.05) is 17.7 Å². The normalized spacial score (nSPS) is 11.0. The van der Waals surface area contributed by atoms with Crippen molar-refractivity contribution in [3.63, 3.8) is 0 Å². The smallest absolute Gasteiger partial charge is 0.135 e. The third-order valence-corrected chi connectivity index (χ3v) is 4.16. The number of benzene rings is 2. The minimum Gasteiger partial charge on any atom is -0.399 e. The molecular formula is C13H8ClFN2S. The van der Waals surface area contributed by atoms with Crippen LogP contribution >= 0.6 is 22.9 Å². The molecule has 1 heterocycles. The van der Waals surface area contributed by atoms with Crippen LogP contribution in [0.4, 0.5) is 10.1 Å². The second-order valence-electron chi connectivity index (χ2n) is 3.85. The van der Waals surface area contributed by atoms with Gasteiger partial charge in [0.05, 0.1) is 15.2 Å². The van der Waals surface area contributed by atoms with E-state index < -0.39 is 0 Å². The fraction of sp³-hybridized carbons (Fsp3) is 0. The van der Waals surface area contributed by atoms with Gasteiger partial charge in [-0.15, -0.1) is 11.3 Å². The van der Waals surface area contributed by atoms with Gasteiger partial charge in [0.25, 0.3) is 0 Å². The lowest BCUT2D eigenvalue weighted by Gasteiger charge is -1.99. The predicted molar refractivity (Wildman–Crippen MR) is 74.4 cm³/mol. The van der Waals surface area contributed by atoms with Crippen LogP contribution in [0.3, 0.4) is 0 Å². The standard InChI is InChI=1S/C13H8ClFN2S/c14-9-2-1-3-11-12(9)18-13(17-11)8-5-4-7(16)6-10(8)15/h1-6H,16H2. The van der Waals surface area contributed by atoms with Crippen molar-refractivity contribution in [2.45, 2.75) is 0 Å². The summed E-state index contributed by atoms with van der Waals surface area (Å²) in [6.07, 6.45) is 0. The average Bonchev–Trinajstić information content (AvgIpc) is 2.74. The van der Waals surface area contributed by atoms with Gasteiger partial charge in [-0.25, -0.2) is 9.37 Å². The molecule has 0 radical (unpaired) electrons. The molecule has 0 aliphatic carbocycles. The lowest BCUT2D eigenvalue weighted by atomic mass is 10.2. The number of nitrogens with zero attached hydrogens (tertiary/aromatic N) is 1. The second kappa shape index (κ2) is 4.23. The highest BCUT2D eigenvalue weighted by molar-refractivity contribution is 7.22. The van der Waals surface area contributed by atoms with Crippen LogP contribution < -0.4 is 5.73 Å². The van der Waals surface area contributed by atoms with Crippen LogP contribution in [0.5, 0.6) is 0 Å². The van der Waals surface area contributed by atoms with Crippen molar-refractivity contribution in [2.24, 2.45) is 0 Å². The molecule has 18 heavy (non-hydrogen) atoms. The van der Waals surface area contributed by atoms with Gasteiger partial charge in [-0.3, -0.25) is 0 Å². The van der Waals surface area contributed by atoms with Gasteiger partial charge < -0.3 is 5.73 Å². The zero-order chi connectivity index (χ0) is 12.7. The molecule has 0 saturated heterocycles. The molecule has 0 saturated carbocycles. The minimum absolute atomic E-state index is 0.370. The van der Waals surface area contributed by atoms with E-state index >= 15 is 0 Å². The molecule has 0 bridgehead atoms. The summed E-state index contributed by atoms with van der Waals surface area (Å²) in [5.41, 5.74) is 7.15. The first-order valence-corrected chi connectivity index (χ1v) is 6.45. The fourth-order valence-electron chi connectivity index (χ4n) is 1.74. The first kappa shape index (κ1) is 11.4. The maximum absolute atomic E-state index is 13.8. The number of aromatic nitrogens is 1. The average molecular weight is 279 g/mol. The zero-order valence-electron chi connectivity index (χ0n) is 9.15. The Hall–Kier alpha value is -1.65. The van der Waals surface area contributed by atoms with Gasteiger partial charge in [0, 0.05) is 11.3 Å². The summed E-state index contributed by atoms with van der Waals surface area (Å²) < 4.78 is 14.7. The Morgan fingerprint density at radius 3 is 2.78 bits per heavy atom. The van der Waals surface area contributed by atoms with Crippen molar-refractivity contribution in [3.05, 3.63) is 47.2 Å². The molecule has 5 heteroatoms. The van der Waals surface area contributed by atoms with Gasteiger partial charge in [0.15, 0.2) is 0 Å². The summed E-state index contributed by atoms with van der Waals surface area (Å²) in [4.78, 5) is 4.39. The lowest BCUT2D eigenvalue weighted by Crippen LogP contribution is -1.88. The van der Waals surface area contributed by atoms with Crippen molar-refractivity contribution >= 4 is 38.8 Å². The van der Waals surface area contributed by atoms with Gasteiger partial charge >= 0.3 is 0 Å². The molecule has 2 nitrogen and oxygen atoms in total. The number of thiazole rings is 1. The topological polar surface area (TPSA) is 38.9 Å². The Morgan fingerprint density at radius 1 is 1.22 bits per heavy atom. The molecule has 2 N–H and O–H groups in total. The maximum Gasteiger partial charge on any atom is 0.135 e. The molecular weight excluding hydrogens is 271 g/mol. The number of nitrogen functional groups attached to an aromatic ring is 1. The Balaban J connectivity index is 2.23. The van der Waals surface area contributed by atoms with Crippen LogP contribution in [0.2, 0.25) is 5.02 Å². The number of hydrogen-bond donors (Lipinski definition) is 1. The van der Waals surface area contributed by atoms with E-state index in [4.69, 9.17) is 17.3 Å². The van der Waals surface area contributed by atoms with Crippen molar-refractivity contribution < 1.29 is 4.39 Å². The first-order valence-electron chi connectivity index (χ1n) is 5.25. The van der Waals surface area contributed by atoms with E-state index in [9.17, 15) is 4.39 Å². The first-order chi connectivity index (χ1) is 8.65. The Kier molecular flexibility index (Phi) is 2.69. The van der Waals surface area contributed by atoms with Crippen LogP contribution in [0.15, 0.2) is 36.4 Å². The zero-order valence-corrected chi connectivity index (χ0v) is 10.7. The van der Waals surface area contributed by atoms with Gasteiger partial charge in [0.1, 0.15) is 10.8 Å². The van der Waals surface area contributed by atoms with Crippen LogP contribution in [0.25, 0.3) is 20.8 Å². The van der Waals surface area contributed by atoms with Gasteiger partial charge in [-0.2, -0.15) is 0 Å². The molecule has 3 rings (SSSR count). The third-order valence-electron chi connectivity index (χ3n) is 2.59. The van der Waals surface area contributed by atoms with Crippen molar-refractivity contribution in [1.82, 2.24) is 4.98 Å². The Morgan fingerprint density at radius 2 is 2.06 bits per heavy atom. The van der Waals surface area contributed by atoms with Crippen LogP contribution in [0, 0.1) is 5.82 Å². The molecule has 90 valence electrons. The third kappa shape index (κ3) is 1.83. The maximum atomic E-state index is 13.8. The molecule has 0 spiro atoms. The molecule has 0 aliphatic heterocycles. The molecule has 0 unspecified atom stereocenters. The van der Waals surface area contributed by atoms with Crippen LogP contribution in [-0.4, -0.2) is 4.98 Å². The Bertz CT molecular complexity index is 739. The number of fused-ring (bicyclic) bond motifs is 1. The van der Waals surface area contributed by atoms with E-state index in [-0.39, 0.29) is 5.82 Å². The number of anilines is 1. The lowest BCUT2D eigenvalue weighted by molar-refractivity contribution is 0.632. The molecule has 1 aromatic heterocycles. The molecule has 3 aromatic rings. The fourth-order valence-corrected chi connectivity index (χ4v) is 3.02. The highest BCUT2D eigenvalue weighted by atomic mass is 35.5. The van der Waals surface area contributed by atoms with E-state index in [1.54, 1.807) is 18.2 Å². The molecule has 0 atom stereocenters. The number of nitrogens with two attached hydrogens (primary N) is 1.